The lowest BCUT2D eigenvalue weighted by Gasteiger charge is -2.32. The average Bonchev–Trinajstić information content (AvgIpc) is 3.16. The van der Waals surface area contributed by atoms with Gasteiger partial charge in [-0.1, -0.05) is 18.1 Å². The van der Waals surface area contributed by atoms with Crippen LogP contribution in [0.3, 0.4) is 0 Å². The molecule has 2 atom stereocenters. The molecule has 0 unspecified atom stereocenters. The van der Waals surface area contributed by atoms with Gasteiger partial charge >= 0.3 is 0 Å². The zero-order valence-corrected chi connectivity index (χ0v) is 12.1. The van der Waals surface area contributed by atoms with Crippen LogP contribution >= 0.6 is 11.3 Å². The first-order chi connectivity index (χ1) is 9.86. The summed E-state index contributed by atoms with van der Waals surface area (Å²) in [5.74, 6) is 0. The summed E-state index contributed by atoms with van der Waals surface area (Å²) in [6.45, 7) is 0.805. The van der Waals surface area contributed by atoms with Crippen molar-refractivity contribution in [2.24, 2.45) is 0 Å². The van der Waals surface area contributed by atoms with Crippen LogP contribution in [0.1, 0.15) is 42.3 Å². The highest BCUT2D eigenvalue weighted by Crippen LogP contribution is 2.28. The molecule has 7 heteroatoms. The third kappa shape index (κ3) is 3.05. The highest BCUT2D eigenvalue weighted by atomic mass is 32.1. The largest absolute Gasteiger partial charge is 0.390 e. The Morgan fingerprint density at radius 2 is 2.30 bits per heavy atom. The van der Waals surface area contributed by atoms with Gasteiger partial charge in [-0.2, -0.15) is 0 Å². The molecule has 0 spiro atoms. The fourth-order valence-corrected chi connectivity index (χ4v) is 3.32. The van der Waals surface area contributed by atoms with E-state index in [1.807, 2.05) is 22.6 Å². The Bertz CT molecular complexity index is 527. The maximum absolute atomic E-state index is 9.11. The molecule has 0 aromatic carbocycles. The van der Waals surface area contributed by atoms with Crippen LogP contribution in [0.25, 0.3) is 0 Å². The topological polar surface area (TPSA) is 75.9 Å². The second kappa shape index (κ2) is 6.43. The zero-order chi connectivity index (χ0) is 13.8. The Balaban J connectivity index is 1.67. The van der Waals surface area contributed by atoms with E-state index in [-0.39, 0.29) is 6.61 Å². The first kappa shape index (κ1) is 13.7. The van der Waals surface area contributed by atoms with Gasteiger partial charge in [-0.15, -0.1) is 16.4 Å². The average molecular weight is 293 g/mol. The minimum atomic E-state index is -0.0499. The number of thiazole rings is 1. The van der Waals surface area contributed by atoms with Crippen molar-refractivity contribution in [1.82, 2.24) is 25.3 Å². The van der Waals surface area contributed by atoms with Gasteiger partial charge in [-0.25, -0.2) is 4.68 Å². The lowest BCUT2D eigenvalue weighted by Crippen LogP contribution is -2.39. The van der Waals surface area contributed by atoms with Gasteiger partial charge < -0.3 is 10.4 Å². The molecule has 0 bridgehead atoms. The number of aliphatic hydroxyl groups is 1. The summed E-state index contributed by atoms with van der Waals surface area (Å²) in [6.07, 6.45) is 8.49. The third-order valence-corrected chi connectivity index (χ3v) is 4.59. The van der Waals surface area contributed by atoms with Gasteiger partial charge in [0.05, 0.1) is 24.4 Å². The summed E-state index contributed by atoms with van der Waals surface area (Å²) in [4.78, 5) is 5.35. The number of aliphatic hydroxyl groups excluding tert-OH is 1. The predicted octanol–water partition coefficient (Wildman–Crippen LogP) is 1.50. The highest BCUT2D eigenvalue weighted by Gasteiger charge is 2.27. The molecule has 1 aliphatic rings. The van der Waals surface area contributed by atoms with E-state index in [4.69, 9.17) is 5.11 Å². The maximum Gasteiger partial charge on any atom is 0.108 e. The minimum absolute atomic E-state index is 0.0499. The Labute approximate surface area is 121 Å². The highest BCUT2D eigenvalue weighted by molar-refractivity contribution is 7.09. The van der Waals surface area contributed by atoms with Gasteiger partial charge in [-0.05, 0) is 12.8 Å². The molecule has 0 saturated heterocycles. The molecule has 2 aromatic rings. The predicted molar refractivity (Wildman–Crippen MR) is 76.2 cm³/mol. The first-order valence-electron chi connectivity index (χ1n) is 6.99. The van der Waals surface area contributed by atoms with Crippen molar-refractivity contribution in [2.75, 3.05) is 0 Å². The Hall–Kier alpha value is -1.31. The minimum Gasteiger partial charge on any atom is -0.390 e. The first-order valence-corrected chi connectivity index (χ1v) is 7.87. The van der Waals surface area contributed by atoms with Crippen LogP contribution < -0.4 is 5.32 Å². The van der Waals surface area contributed by atoms with Crippen molar-refractivity contribution in [3.05, 3.63) is 28.5 Å². The molecule has 0 radical (unpaired) electrons. The van der Waals surface area contributed by atoms with Gasteiger partial charge in [0.15, 0.2) is 0 Å². The van der Waals surface area contributed by atoms with Gasteiger partial charge in [0.25, 0.3) is 0 Å². The van der Waals surface area contributed by atoms with E-state index in [0.717, 1.165) is 19.4 Å². The van der Waals surface area contributed by atoms with Crippen molar-refractivity contribution in [1.29, 1.82) is 0 Å². The van der Waals surface area contributed by atoms with E-state index in [9.17, 15) is 0 Å². The van der Waals surface area contributed by atoms with Crippen molar-refractivity contribution < 1.29 is 5.11 Å². The van der Waals surface area contributed by atoms with Crippen LogP contribution in [0, 0.1) is 0 Å². The fraction of sp³-hybridized carbons (Fsp3) is 0.615. The number of hydrogen-bond donors (Lipinski definition) is 2. The molecular weight excluding hydrogens is 274 g/mol. The zero-order valence-electron chi connectivity index (χ0n) is 11.3. The van der Waals surface area contributed by atoms with E-state index in [0.29, 0.717) is 17.8 Å². The molecule has 108 valence electrons. The fourth-order valence-electron chi connectivity index (χ4n) is 2.78. The molecule has 2 heterocycles. The van der Waals surface area contributed by atoms with E-state index in [1.165, 1.54) is 17.7 Å². The smallest absolute Gasteiger partial charge is 0.108 e. The van der Waals surface area contributed by atoms with Crippen LogP contribution in [-0.4, -0.2) is 31.1 Å². The molecule has 20 heavy (non-hydrogen) atoms. The summed E-state index contributed by atoms with van der Waals surface area (Å²) in [7, 11) is 0. The van der Waals surface area contributed by atoms with E-state index in [1.54, 1.807) is 11.3 Å². The standard InChI is InChI=1S/C13H19N5OS/c19-8-10-7-18(17-16-10)13-4-2-1-3-12(13)15-6-11-5-14-9-20-11/h5,7,9,12-13,15,19H,1-4,6,8H2/t12-,13+/m0/s1. The van der Waals surface area contributed by atoms with E-state index in [2.05, 4.69) is 20.6 Å². The number of nitrogens with one attached hydrogen (secondary N) is 1. The van der Waals surface area contributed by atoms with Crippen molar-refractivity contribution in [3.63, 3.8) is 0 Å². The van der Waals surface area contributed by atoms with Crippen molar-refractivity contribution in [2.45, 2.75) is 50.9 Å². The monoisotopic (exact) mass is 293 g/mol. The maximum atomic E-state index is 9.11. The summed E-state index contributed by atoms with van der Waals surface area (Å²) in [6, 6.07) is 0.726. The lowest BCUT2D eigenvalue weighted by molar-refractivity contribution is 0.242. The molecule has 0 aliphatic heterocycles. The Morgan fingerprint density at radius 3 is 3.05 bits per heavy atom. The Morgan fingerprint density at radius 1 is 1.40 bits per heavy atom. The Kier molecular flexibility index (Phi) is 4.39. The van der Waals surface area contributed by atoms with Crippen LogP contribution in [0.4, 0.5) is 0 Å². The van der Waals surface area contributed by atoms with Crippen LogP contribution in [0.5, 0.6) is 0 Å². The quantitative estimate of drug-likeness (QED) is 0.873. The molecule has 6 nitrogen and oxygen atoms in total. The van der Waals surface area contributed by atoms with Gasteiger partial charge in [0.2, 0.25) is 0 Å². The second-order valence-electron chi connectivity index (χ2n) is 5.15. The normalized spacial score (nSPS) is 23.1. The summed E-state index contributed by atoms with van der Waals surface area (Å²) in [5.41, 5.74) is 2.50. The molecule has 2 aromatic heterocycles. The summed E-state index contributed by atoms with van der Waals surface area (Å²) < 4.78 is 1.91. The number of rotatable bonds is 5. The summed E-state index contributed by atoms with van der Waals surface area (Å²) in [5, 5.41) is 20.9. The molecule has 1 saturated carbocycles. The third-order valence-electron chi connectivity index (χ3n) is 3.81. The molecule has 0 amide bonds. The lowest BCUT2D eigenvalue weighted by atomic mass is 9.90. The molecule has 2 N–H and O–H groups in total. The van der Waals surface area contributed by atoms with Gasteiger partial charge in [0.1, 0.15) is 5.69 Å². The molecule has 3 rings (SSSR count). The number of aromatic nitrogens is 4. The van der Waals surface area contributed by atoms with E-state index >= 15 is 0 Å². The SMILES string of the molecule is OCc1cn([C@@H]2CCCC[C@@H]2NCc2cncs2)nn1. The van der Waals surface area contributed by atoms with Gasteiger partial charge in [0, 0.05) is 23.7 Å². The van der Waals surface area contributed by atoms with Crippen molar-refractivity contribution >= 4 is 11.3 Å². The molecular formula is C13H19N5OS. The van der Waals surface area contributed by atoms with Crippen molar-refractivity contribution in [3.8, 4) is 0 Å². The number of nitrogens with zero attached hydrogens (tertiary/aromatic N) is 4. The second-order valence-corrected chi connectivity index (χ2v) is 6.13. The van der Waals surface area contributed by atoms with Crippen LogP contribution in [0.15, 0.2) is 17.9 Å². The number of hydrogen-bond acceptors (Lipinski definition) is 6. The molecule has 1 aliphatic carbocycles. The molecule has 1 fully saturated rings. The van der Waals surface area contributed by atoms with E-state index < -0.39 is 0 Å². The van der Waals surface area contributed by atoms with Gasteiger partial charge in [-0.3, -0.25) is 4.98 Å². The summed E-state index contributed by atoms with van der Waals surface area (Å²) >= 11 is 1.67. The van der Waals surface area contributed by atoms with Crippen LogP contribution in [0.2, 0.25) is 0 Å². The van der Waals surface area contributed by atoms with Crippen LogP contribution in [-0.2, 0) is 13.2 Å².